The summed E-state index contributed by atoms with van der Waals surface area (Å²) in [4.78, 5) is 63.4. The summed E-state index contributed by atoms with van der Waals surface area (Å²) < 4.78 is 7.12. The lowest BCUT2D eigenvalue weighted by atomic mass is 9.99. The molecule has 3 heterocycles. The number of aromatic nitrogens is 2. The number of hydrogen-bond donors (Lipinski definition) is 2. The van der Waals surface area contributed by atoms with E-state index in [0.717, 1.165) is 9.13 Å². The predicted octanol–water partition coefficient (Wildman–Crippen LogP) is -0.218. The second-order valence-electron chi connectivity index (χ2n) is 6.91. The number of nitrogens with zero attached hydrogens (tertiary/aromatic N) is 3. The van der Waals surface area contributed by atoms with Crippen LogP contribution in [-0.4, -0.2) is 38.3 Å². The number of carbonyl (C=O) groups is 3. The van der Waals surface area contributed by atoms with Crippen molar-refractivity contribution in [2.45, 2.75) is 32.4 Å². The predicted molar refractivity (Wildman–Crippen MR) is 101 cm³/mol. The highest BCUT2D eigenvalue weighted by molar-refractivity contribution is 6.11. The first-order chi connectivity index (χ1) is 13.6. The number of furan rings is 1. The number of urea groups is 1. The summed E-state index contributed by atoms with van der Waals surface area (Å²) in [6.07, 6.45) is 1.90. The van der Waals surface area contributed by atoms with E-state index in [0.29, 0.717) is 11.3 Å². The number of hydrogen-bond acceptors (Lipinski definition) is 7. The molecule has 1 saturated heterocycles. The van der Waals surface area contributed by atoms with Gasteiger partial charge >= 0.3 is 11.7 Å². The Hall–Kier alpha value is -3.63. The summed E-state index contributed by atoms with van der Waals surface area (Å²) >= 11 is 0. The molecule has 1 unspecified atom stereocenters. The molecular weight excluding hydrogens is 382 g/mol. The minimum absolute atomic E-state index is 0.206. The van der Waals surface area contributed by atoms with Crippen molar-refractivity contribution >= 4 is 23.5 Å². The van der Waals surface area contributed by atoms with E-state index in [-0.39, 0.29) is 18.1 Å². The number of Topliss-reactive ketones (excluding diaryl/α,β-unsaturated/α-hetero) is 1. The van der Waals surface area contributed by atoms with Crippen molar-refractivity contribution in [1.29, 1.82) is 0 Å². The van der Waals surface area contributed by atoms with Gasteiger partial charge in [0.1, 0.15) is 17.1 Å². The SMILES string of the molecule is CCCn1c(N)c(C(=O)CN2C(=O)NC(C)(c3ccco3)C2=O)c(=O)n(C)c1=O. The fourth-order valence-electron chi connectivity index (χ4n) is 3.28. The maximum absolute atomic E-state index is 12.8. The smallest absolute Gasteiger partial charge is 0.332 e. The fourth-order valence-corrected chi connectivity index (χ4v) is 3.28. The van der Waals surface area contributed by atoms with E-state index in [4.69, 9.17) is 10.2 Å². The van der Waals surface area contributed by atoms with Gasteiger partial charge in [-0.05, 0) is 25.5 Å². The van der Waals surface area contributed by atoms with Crippen LogP contribution in [-0.2, 0) is 23.9 Å². The van der Waals surface area contributed by atoms with Crippen LogP contribution in [0.3, 0.4) is 0 Å². The van der Waals surface area contributed by atoms with Crippen molar-refractivity contribution in [2.24, 2.45) is 7.05 Å². The van der Waals surface area contributed by atoms with Gasteiger partial charge in [0, 0.05) is 13.6 Å². The van der Waals surface area contributed by atoms with Crippen molar-refractivity contribution in [2.75, 3.05) is 12.3 Å². The number of amides is 3. The van der Waals surface area contributed by atoms with Crippen LogP contribution in [0.1, 0.15) is 36.4 Å². The van der Waals surface area contributed by atoms with Gasteiger partial charge in [0.25, 0.3) is 11.5 Å². The monoisotopic (exact) mass is 403 g/mol. The van der Waals surface area contributed by atoms with Gasteiger partial charge in [-0.3, -0.25) is 28.4 Å². The van der Waals surface area contributed by atoms with Crippen molar-refractivity contribution in [3.63, 3.8) is 0 Å². The molecule has 0 saturated carbocycles. The van der Waals surface area contributed by atoms with Gasteiger partial charge in [0.15, 0.2) is 11.3 Å². The molecular formula is C18H21N5O6. The lowest BCUT2D eigenvalue weighted by Gasteiger charge is -2.19. The quantitative estimate of drug-likeness (QED) is 0.500. The zero-order valence-corrected chi connectivity index (χ0v) is 16.2. The molecule has 0 aromatic carbocycles. The molecule has 11 heteroatoms. The average Bonchev–Trinajstić information content (AvgIpc) is 3.28. The maximum atomic E-state index is 12.8. The minimum atomic E-state index is -1.47. The largest absolute Gasteiger partial charge is 0.466 e. The molecule has 11 nitrogen and oxygen atoms in total. The van der Waals surface area contributed by atoms with E-state index in [9.17, 15) is 24.0 Å². The summed E-state index contributed by atoms with van der Waals surface area (Å²) in [5.41, 5.74) is 2.48. The maximum Gasteiger partial charge on any atom is 0.332 e. The Kier molecular flexibility index (Phi) is 4.91. The molecule has 29 heavy (non-hydrogen) atoms. The van der Waals surface area contributed by atoms with Crippen LogP contribution in [0.5, 0.6) is 0 Å². The molecule has 0 spiro atoms. The van der Waals surface area contributed by atoms with Gasteiger partial charge < -0.3 is 15.5 Å². The second-order valence-corrected chi connectivity index (χ2v) is 6.91. The molecule has 0 bridgehead atoms. The third-order valence-electron chi connectivity index (χ3n) is 4.90. The van der Waals surface area contributed by atoms with E-state index in [2.05, 4.69) is 5.32 Å². The Morgan fingerprint density at radius 3 is 2.55 bits per heavy atom. The minimum Gasteiger partial charge on any atom is -0.466 e. The van der Waals surface area contributed by atoms with E-state index in [1.54, 1.807) is 13.0 Å². The van der Waals surface area contributed by atoms with Crippen LogP contribution in [0.2, 0.25) is 0 Å². The molecule has 3 amide bonds. The van der Waals surface area contributed by atoms with Crippen molar-refractivity contribution < 1.29 is 18.8 Å². The fraction of sp³-hybridized carbons (Fsp3) is 0.389. The highest BCUT2D eigenvalue weighted by atomic mass is 16.3. The summed E-state index contributed by atoms with van der Waals surface area (Å²) in [5, 5.41) is 2.49. The van der Waals surface area contributed by atoms with E-state index < -0.39 is 46.6 Å². The highest BCUT2D eigenvalue weighted by Gasteiger charge is 2.51. The summed E-state index contributed by atoms with van der Waals surface area (Å²) in [5.74, 6) is -1.63. The van der Waals surface area contributed by atoms with Gasteiger partial charge in [-0.2, -0.15) is 0 Å². The summed E-state index contributed by atoms with van der Waals surface area (Å²) in [6, 6.07) is 2.28. The van der Waals surface area contributed by atoms with Gasteiger partial charge in [0.2, 0.25) is 0 Å². The van der Waals surface area contributed by atoms with Crippen LogP contribution < -0.4 is 22.3 Å². The van der Waals surface area contributed by atoms with Gasteiger partial charge in [0.05, 0.1) is 12.8 Å². The number of carbonyl (C=O) groups excluding carboxylic acids is 3. The van der Waals surface area contributed by atoms with Crippen LogP contribution >= 0.6 is 0 Å². The zero-order valence-electron chi connectivity index (χ0n) is 16.2. The Balaban J connectivity index is 1.97. The molecule has 1 aliphatic rings. The van der Waals surface area contributed by atoms with Crippen molar-refractivity contribution in [3.8, 4) is 0 Å². The number of nitrogens with two attached hydrogens (primary N) is 1. The molecule has 2 aromatic heterocycles. The molecule has 0 aliphatic carbocycles. The third kappa shape index (κ3) is 3.04. The van der Waals surface area contributed by atoms with E-state index in [1.165, 1.54) is 26.3 Å². The second kappa shape index (κ2) is 7.08. The summed E-state index contributed by atoms with van der Waals surface area (Å²) in [7, 11) is 1.23. The van der Waals surface area contributed by atoms with Crippen molar-refractivity contribution in [3.05, 3.63) is 50.6 Å². The first-order valence-corrected chi connectivity index (χ1v) is 8.94. The molecule has 2 aromatic rings. The van der Waals surface area contributed by atoms with Gasteiger partial charge in [-0.1, -0.05) is 6.92 Å². The lowest BCUT2D eigenvalue weighted by molar-refractivity contribution is -0.131. The molecule has 1 atom stereocenters. The first-order valence-electron chi connectivity index (χ1n) is 8.94. The molecule has 1 aliphatic heterocycles. The van der Waals surface area contributed by atoms with Crippen molar-refractivity contribution in [1.82, 2.24) is 19.4 Å². The number of ketones is 1. The van der Waals surface area contributed by atoms with E-state index >= 15 is 0 Å². The number of rotatable bonds is 6. The molecule has 0 radical (unpaired) electrons. The number of imide groups is 1. The van der Waals surface area contributed by atoms with E-state index in [1.807, 2.05) is 0 Å². The Morgan fingerprint density at radius 2 is 1.97 bits per heavy atom. The third-order valence-corrected chi connectivity index (χ3v) is 4.90. The normalized spacial score (nSPS) is 18.9. The van der Waals surface area contributed by atoms with Crippen LogP contribution in [0.25, 0.3) is 0 Å². The van der Waals surface area contributed by atoms with Crippen LogP contribution in [0.4, 0.5) is 10.6 Å². The Morgan fingerprint density at radius 1 is 1.28 bits per heavy atom. The van der Waals surface area contributed by atoms with Gasteiger partial charge in [-0.15, -0.1) is 0 Å². The topological polar surface area (TPSA) is 150 Å². The molecule has 1 fully saturated rings. The molecule has 3 rings (SSSR count). The number of nitrogens with one attached hydrogen (secondary N) is 1. The Labute approximate surface area is 164 Å². The lowest BCUT2D eigenvalue weighted by Crippen LogP contribution is -2.45. The summed E-state index contributed by atoms with van der Waals surface area (Å²) in [6.45, 7) is 2.76. The number of nitrogen functional groups attached to an aromatic ring is 1. The molecule has 154 valence electrons. The average molecular weight is 403 g/mol. The van der Waals surface area contributed by atoms with Crippen LogP contribution in [0, 0.1) is 0 Å². The number of anilines is 1. The van der Waals surface area contributed by atoms with Crippen LogP contribution in [0.15, 0.2) is 32.4 Å². The molecule has 3 N–H and O–H groups in total. The van der Waals surface area contributed by atoms with Gasteiger partial charge in [-0.25, -0.2) is 9.59 Å². The highest BCUT2D eigenvalue weighted by Crippen LogP contribution is 2.29. The zero-order chi connectivity index (χ0) is 21.5. The first kappa shape index (κ1) is 20.1. The standard InChI is InChI=1S/C18H21N5O6/c1-4-7-22-13(19)12(14(25)21(3)17(22)28)10(24)9-23-15(26)18(2,20-16(23)27)11-6-5-8-29-11/h5-6,8H,4,7,9,19H2,1-3H3,(H,20,27). The Bertz CT molecular complexity index is 1110.